The van der Waals surface area contributed by atoms with E-state index in [-0.39, 0.29) is 40.2 Å². The molecular formula is C32H35N3O13. The van der Waals surface area contributed by atoms with Crippen LogP contribution in [0.5, 0.6) is 57.5 Å². The largest absolute Gasteiger partial charge is 0.504 e. The summed E-state index contributed by atoms with van der Waals surface area (Å²) in [5.74, 6) is -3.94. The molecule has 4 aromatic carbocycles. The third-order valence-corrected chi connectivity index (χ3v) is 6.07. The molecule has 0 saturated carbocycles. The van der Waals surface area contributed by atoms with E-state index in [1.807, 2.05) is 0 Å². The van der Waals surface area contributed by atoms with Crippen molar-refractivity contribution in [2.75, 3.05) is 0 Å². The maximum Gasteiger partial charge on any atom is 0.200 e. The fraction of sp³-hybridized carbons (Fsp3) is 0.125. The summed E-state index contributed by atoms with van der Waals surface area (Å²) in [6.45, 7) is 5.99. The van der Waals surface area contributed by atoms with E-state index in [4.69, 9.17) is 66.9 Å². The molecule has 0 spiro atoms. The van der Waals surface area contributed by atoms with Crippen LogP contribution in [0.4, 0.5) is 0 Å². The average molecular weight is 670 g/mol. The van der Waals surface area contributed by atoms with Gasteiger partial charge in [0.25, 0.3) is 0 Å². The van der Waals surface area contributed by atoms with E-state index in [9.17, 15) is 4.79 Å². The Morgan fingerprint density at radius 1 is 0.458 bits per heavy atom. The third kappa shape index (κ3) is 11.3. The number of ketones is 1. The third-order valence-electron chi connectivity index (χ3n) is 6.07. The molecule has 0 atom stereocenters. The summed E-state index contributed by atoms with van der Waals surface area (Å²) < 4.78 is 0. The van der Waals surface area contributed by atoms with Crippen LogP contribution in [0, 0.1) is 5.41 Å². The second-order valence-corrected chi connectivity index (χ2v) is 9.69. The van der Waals surface area contributed by atoms with Crippen molar-refractivity contribution in [2.45, 2.75) is 27.7 Å². The van der Waals surface area contributed by atoms with E-state index in [0.29, 0.717) is 28.0 Å². The lowest BCUT2D eigenvalue weighted by molar-refractivity contribution is 0.101. The summed E-state index contributed by atoms with van der Waals surface area (Å²) in [4.78, 5) is 10.7. The van der Waals surface area contributed by atoms with Gasteiger partial charge in [-0.2, -0.15) is 0 Å². The van der Waals surface area contributed by atoms with E-state index in [0.717, 1.165) is 0 Å². The van der Waals surface area contributed by atoms with Crippen LogP contribution in [0.25, 0.3) is 0 Å². The highest BCUT2D eigenvalue weighted by Gasteiger charge is 2.10. The lowest BCUT2D eigenvalue weighted by Crippen LogP contribution is -1.93. The highest BCUT2D eigenvalue weighted by molar-refractivity contribution is 6.00. The van der Waals surface area contributed by atoms with Gasteiger partial charge in [0.2, 0.25) is 0 Å². The van der Waals surface area contributed by atoms with Crippen LogP contribution in [-0.2, 0) is 0 Å². The SMILES string of the molecule is C/C(=N\O)c1cc(O)c(O)c(O)c1.C/C(=N\O)c1ccc(O)c(O)c1.CC(=N)c1cc(O)c(O)c(O)c1.CC(=O)c1ccc(O)c(O)c1. The summed E-state index contributed by atoms with van der Waals surface area (Å²) in [7, 11) is 0. The molecule has 0 saturated heterocycles. The van der Waals surface area contributed by atoms with Crippen LogP contribution < -0.4 is 0 Å². The summed E-state index contributed by atoms with van der Waals surface area (Å²) in [6.07, 6.45) is 0. The molecule has 0 fully saturated rings. The number of hydrogen-bond donors (Lipinski definition) is 13. The van der Waals surface area contributed by atoms with E-state index >= 15 is 0 Å². The fourth-order valence-corrected chi connectivity index (χ4v) is 3.24. The Balaban J connectivity index is 0.000000320. The number of nitrogens with zero attached hydrogens (tertiary/aromatic N) is 2. The molecule has 0 aliphatic carbocycles. The van der Waals surface area contributed by atoms with Crippen molar-refractivity contribution >= 4 is 22.9 Å². The quantitative estimate of drug-likeness (QED) is 0.0457. The molecule has 4 aromatic rings. The lowest BCUT2D eigenvalue weighted by Gasteiger charge is -2.03. The van der Waals surface area contributed by atoms with Crippen molar-refractivity contribution < 1.29 is 66.3 Å². The molecule has 0 bridgehead atoms. The van der Waals surface area contributed by atoms with Crippen molar-refractivity contribution in [1.82, 2.24) is 0 Å². The Bertz CT molecular complexity index is 1790. The number of aromatic hydroxyl groups is 10. The van der Waals surface area contributed by atoms with Crippen molar-refractivity contribution in [3.63, 3.8) is 0 Å². The average Bonchev–Trinajstić information content (AvgIpc) is 3.04. The highest BCUT2D eigenvalue weighted by atomic mass is 16.4. The van der Waals surface area contributed by atoms with Crippen molar-refractivity contribution in [2.24, 2.45) is 10.3 Å². The first-order valence-electron chi connectivity index (χ1n) is 13.3. The molecule has 4 rings (SSSR count). The number of phenolic OH excluding ortho intramolecular Hbond substituents is 10. The lowest BCUT2D eigenvalue weighted by atomic mass is 10.1. The van der Waals surface area contributed by atoms with Crippen LogP contribution in [-0.4, -0.2) is 84.4 Å². The summed E-state index contributed by atoms with van der Waals surface area (Å²) in [5.41, 5.74) is 2.47. The molecule has 16 heteroatoms. The van der Waals surface area contributed by atoms with Crippen LogP contribution in [0.1, 0.15) is 54.7 Å². The van der Waals surface area contributed by atoms with Gasteiger partial charge in [-0.3, -0.25) is 4.79 Å². The van der Waals surface area contributed by atoms with Gasteiger partial charge < -0.3 is 66.9 Å². The number of benzene rings is 4. The minimum absolute atomic E-state index is 0.139. The topological polar surface area (TPSA) is 308 Å². The maximum absolute atomic E-state index is 10.7. The molecule has 48 heavy (non-hydrogen) atoms. The van der Waals surface area contributed by atoms with Crippen LogP contribution in [0.2, 0.25) is 0 Å². The number of hydrogen-bond acceptors (Lipinski definition) is 16. The normalized spacial score (nSPS) is 10.7. The first-order chi connectivity index (χ1) is 22.3. The number of oxime groups is 2. The Hall–Kier alpha value is -6.84. The van der Waals surface area contributed by atoms with Gasteiger partial charge in [-0.25, -0.2) is 0 Å². The molecule has 13 N–H and O–H groups in total. The summed E-state index contributed by atoms with van der Waals surface area (Å²) in [6, 6.07) is 13.0. The Morgan fingerprint density at radius 3 is 1.10 bits per heavy atom. The molecule has 0 aliphatic rings. The molecular weight excluding hydrogens is 634 g/mol. The van der Waals surface area contributed by atoms with Gasteiger partial charge in [-0.05, 0) is 88.4 Å². The Labute approximate surface area is 273 Å². The van der Waals surface area contributed by atoms with E-state index in [1.54, 1.807) is 13.0 Å². The zero-order chi connectivity index (χ0) is 36.9. The van der Waals surface area contributed by atoms with Gasteiger partial charge in [-0.1, -0.05) is 10.3 Å². The summed E-state index contributed by atoms with van der Waals surface area (Å²) >= 11 is 0. The number of carbonyl (C=O) groups excluding carboxylic acids is 1. The second kappa shape index (κ2) is 17.6. The minimum atomic E-state index is -0.588. The number of Topliss-reactive ketones (excluding diaryl/α,β-unsaturated/α-hetero) is 1. The zero-order valence-electron chi connectivity index (χ0n) is 25.9. The van der Waals surface area contributed by atoms with E-state index in [2.05, 4.69) is 10.3 Å². The number of phenols is 10. The Morgan fingerprint density at radius 2 is 0.771 bits per heavy atom. The molecule has 0 aromatic heterocycles. The van der Waals surface area contributed by atoms with Crippen LogP contribution in [0.15, 0.2) is 71.0 Å². The Kier molecular flexibility index (Phi) is 14.4. The van der Waals surface area contributed by atoms with Crippen LogP contribution in [0.3, 0.4) is 0 Å². The van der Waals surface area contributed by atoms with Gasteiger partial charge in [0, 0.05) is 28.0 Å². The maximum atomic E-state index is 10.7. The second-order valence-electron chi connectivity index (χ2n) is 9.69. The van der Waals surface area contributed by atoms with Crippen LogP contribution >= 0.6 is 0 Å². The van der Waals surface area contributed by atoms with Gasteiger partial charge in [0.1, 0.15) is 0 Å². The molecule has 16 nitrogen and oxygen atoms in total. The fourth-order valence-electron chi connectivity index (χ4n) is 3.24. The van der Waals surface area contributed by atoms with Gasteiger partial charge >= 0.3 is 0 Å². The van der Waals surface area contributed by atoms with Gasteiger partial charge in [-0.15, -0.1) is 0 Å². The monoisotopic (exact) mass is 669 g/mol. The highest BCUT2D eigenvalue weighted by Crippen LogP contribution is 2.36. The van der Waals surface area contributed by atoms with Gasteiger partial charge in [0.05, 0.1) is 11.4 Å². The minimum Gasteiger partial charge on any atom is -0.504 e. The standard InChI is InChI=1S/C8H9NO4.2C8H9NO3.C8H8O3/c1-4(9-13)5-2-6(10)8(12)7(11)3-5;1-4(9)5-2-6(10)8(12)7(11)3-5;1-5(9-12)6-2-3-7(10)8(11)4-6;1-5(9)6-2-3-7(10)8(11)4-6/h2-3,10-13H,1H3;2-3,9-12H,1H3;2-4,10-12H,1H3;2-4,10-11H,1H3/b9-4+;;9-5+;. The zero-order valence-corrected chi connectivity index (χ0v) is 25.9. The van der Waals surface area contributed by atoms with Crippen molar-refractivity contribution in [1.29, 1.82) is 5.41 Å². The molecule has 256 valence electrons. The predicted octanol–water partition coefficient (Wildman–Crippen LogP) is 4.79. The van der Waals surface area contributed by atoms with Crippen molar-refractivity contribution in [3.05, 3.63) is 82.9 Å². The van der Waals surface area contributed by atoms with E-state index < -0.39 is 34.5 Å². The molecule has 0 heterocycles. The molecule has 0 unspecified atom stereocenters. The smallest absolute Gasteiger partial charge is 0.200 e. The predicted molar refractivity (Wildman–Crippen MR) is 173 cm³/mol. The number of nitrogens with one attached hydrogen (secondary N) is 1. The van der Waals surface area contributed by atoms with E-state index in [1.165, 1.54) is 75.4 Å². The molecule has 0 amide bonds. The summed E-state index contributed by atoms with van der Waals surface area (Å²) in [5, 5.41) is 120. The molecule has 0 aliphatic heterocycles. The first-order valence-corrected chi connectivity index (χ1v) is 13.3. The number of rotatable bonds is 4. The van der Waals surface area contributed by atoms with Gasteiger partial charge in [0.15, 0.2) is 63.3 Å². The number of carbonyl (C=O) groups is 1. The van der Waals surface area contributed by atoms with Crippen molar-refractivity contribution in [3.8, 4) is 57.5 Å². The molecule has 0 radical (unpaired) electrons. The first kappa shape index (κ1) is 39.2.